The summed E-state index contributed by atoms with van der Waals surface area (Å²) >= 11 is 0. The molecule has 34 heavy (non-hydrogen) atoms. The third-order valence-corrected chi connectivity index (χ3v) is 6.02. The molecule has 2 rings (SSSR count). The molecule has 0 bridgehead atoms. The Balaban J connectivity index is 2.63. The normalized spacial score (nSPS) is 13.0. The molecule has 0 aliphatic rings. The van der Waals surface area contributed by atoms with Gasteiger partial charge in [-0.1, -0.05) is 47.5 Å². The standard InChI is InChI=1S/C27H42BN5O/c1-9-12-22(28)25-26(19(6)7)31-24(33(27(25)34)30-16-18(4)5)17-29-23-14-13-21(15-20(23)8)32(10-2)11-3/h13-19,22H,9-12,28H2,1-8H3/b29-17-,30-16+. The van der Waals surface area contributed by atoms with Gasteiger partial charge in [0.15, 0.2) is 5.82 Å². The quantitative estimate of drug-likeness (QED) is 0.338. The van der Waals surface area contributed by atoms with Crippen molar-refractivity contribution in [3.05, 3.63) is 51.2 Å². The van der Waals surface area contributed by atoms with Crippen LogP contribution < -0.4 is 10.5 Å². The molecule has 2 aromatic rings. The lowest BCUT2D eigenvalue weighted by molar-refractivity contribution is 0.671. The third-order valence-electron chi connectivity index (χ3n) is 6.02. The molecule has 1 atom stereocenters. The van der Waals surface area contributed by atoms with Gasteiger partial charge < -0.3 is 4.90 Å². The first-order chi connectivity index (χ1) is 16.1. The molecule has 0 N–H and O–H groups in total. The third kappa shape index (κ3) is 6.68. The molecule has 1 unspecified atom stereocenters. The van der Waals surface area contributed by atoms with E-state index in [1.54, 1.807) is 12.4 Å². The number of benzene rings is 1. The topological polar surface area (TPSA) is 62.9 Å². The van der Waals surface area contributed by atoms with Gasteiger partial charge in [0.25, 0.3) is 5.56 Å². The maximum absolute atomic E-state index is 13.6. The van der Waals surface area contributed by atoms with E-state index in [9.17, 15) is 4.79 Å². The van der Waals surface area contributed by atoms with E-state index in [-0.39, 0.29) is 23.2 Å². The predicted octanol–water partition coefficient (Wildman–Crippen LogP) is 5.24. The van der Waals surface area contributed by atoms with Gasteiger partial charge in [-0.05, 0) is 62.2 Å². The number of aliphatic imine (C=N–C) groups is 1. The maximum atomic E-state index is 13.6. The summed E-state index contributed by atoms with van der Waals surface area (Å²) in [6, 6.07) is 6.28. The average molecular weight is 463 g/mol. The second-order valence-corrected chi connectivity index (χ2v) is 9.64. The zero-order chi connectivity index (χ0) is 25.4. The Morgan fingerprint density at radius 2 is 1.82 bits per heavy atom. The highest BCUT2D eigenvalue weighted by Gasteiger charge is 2.22. The molecule has 0 radical (unpaired) electrons. The smallest absolute Gasteiger partial charge is 0.277 e. The zero-order valence-corrected chi connectivity index (χ0v) is 22.6. The molecule has 1 aromatic carbocycles. The summed E-state index contributed by atoms with van der Waals surface area (Å²) < 4.78 is 1.43. The first-order valence-electron chi connectivity index (χ1n) is 12.7. The van der Waals surface area contributed by atoms with Gasteiger partial charge >= 0.3 is 0 Å². The number of rotatable bonds is 11. The Morgan fingerprint density at radius 1 is 1.15 bits per heavy atom. The second-order valence-electron chi connectivity index (χ2n) is 9.64. The predicted molar refractivity (Wildman–Crippen MR) is 150 cm³/mol. The number of hydrogen-bond acceptors (Lipinski definition) is 5. The molecule has 0 spiro atoms. The first kappa shape index (κ1) is 27.5. The molecule has 0 saturated heterocycles. The van der Waals surface area contributed by atoms with Gasteiger partial charge in [0, 0.05) is 30.6 Å². The van der Waals surface area contributed by atoms with E-state index in [2.05, 4.69) is 71.5 Å². The molecule has 0 saturated carbocycles. The van der Waals surface area contributed by atoms with E-state index in [1.165, 1.54) is 10.4 Å². The van der Waals surface area contributed by atoms with Gasteiger partial charge in [-0.25, -0.2) is 4.98 Å². The van der Waals surface area contributed by atoms with Gasteiger partial charge in [-0.15, -0.1) is 0 Å². The van der Waals surface area contributed by atoms with Crippen molar-refractivity contribution in [3.8, 4) is 0 Å². The second kappa shape index (κ2) is 12.7. The largest absolute Gasteiger partial charge is 0.372 e. The van der Waals surface area contributed by atoms with Crippen LogP contribution in [0.3, 0.4) is 0 Å². The molecule has 0 fully saturated rings. The molecular weight excluding hydrogens is 421 g/mol. The lowest BCUT2D eigenvalue weighted by Crippen LogP contribution is -2.30. The van der Waals surface area contributed by atoms with Crippen LogP contribution in [-0.4, -0.2) is 43.0 Å². The fourth-order valence-electron chi connectivity index (χ4n) is 4.13. The van der Waals surface area contributed by atoms with Crippen molar-refractivity contribution in [2.45, 2.75) is 80.0 Å². The molecule has 6 nitrogen and oxygen atoms in total. The van der Waals surface area contributed by atoms with Gasteiger partial charge in [0.05, 0.1) is 17.6 Å². The van der Waals surface area contributed by atoms with Crippen LogP contribution in [0.2, 0.25) is 0 Å². The van der Waals surface area contributed by atoms with Crippen LogP contribution in [0.1, 0.15) is 95.7 Å². The van der Waals surface area contributed by atoms with Crippen molar-refractivity contribution in [2.24, 2.45) is 16.0 Å². The Hall–Kier alpha value is -2.70. The van der Waals surface area contributed by atoms with Gasteiger partial charge in [-0.2, -0.15) is 9.78 Å². The average Bonchev–Trinajstić information content (AvgIpc) is 2.78. The van der Waals surface area contributed by atoms with E-state index < -0.39 is 0 Å². The lowest BCUT2D eigenvalue weighted by Gasteiger charge is -2.21. The molecule has 0 aliphatic carbocycles. The van der Waals surface area contributed by atoms with Crippen LogP contribution in [0.25, 0.3) is 0 Å². The minimum absolute atomic E-state index is 0.0911. The Kier molecular flexibility index (Phi) is 10.3. The van der Waals surface area contributed by atoms with Crippen LogP contribution in [0, 0.1) is 12.8 Å². The molecule has 0 amide bonds. The zero-order valence-electron chi connectivity index (χ0n) is 22.6. The number of nitrogens with zero attached hydrogens (tertiary/aromatic N) is 5. The van der Waals surface area contributed by atoms with Crippen molar-refractivity contribution in [3.63, 3.8) is 0 Å². The van der Waals surface area contributed by atoms with Crippen molar-refractivity contribution in [1.29, 1.82) is 0 Å². The summed E-state index contributed by atoms with van der Waals surface area (Å²) in [7, 11) is 2.11. The number of hydrogen-bond donors (Lipinski definition) is 0. The van der Waals surface area contributed by atoms with E-state index >= 15 is 0 Å². The Labute approximate surface area is 206 Å². The maximum Gasteiger partial charge on any atom is 0.277 e. The number of aromatic nitrogens is 2. The monoisotopic (exact) mass is 463 g/mol. The van der Waals surface area contributed by atoms with E-state index in [4.69, 9.17) is 9.98 Å². The van der Waals surface area contributed by atoms with Gasteiger partial charge in [0.2, 0.25) is 0 Å². The summed E-state index contributed by atoms with van der Waals surface area (Å²) in [5.41, 5.74) is 4.66. The minimum Gasteiger partial charge on any atom is -0.372 e. The van der Waals surface area contributed by atoms with Crippen LogP contribution in [-0.2, 0) is 0 Å². The summed E-state index contributed by atoms with van der Waals surface area (Å²) in [5, 5.41) is 4.52. The summed E-state index contributed by atoms with van der Waals surface area (Å²) in [6.45, 7) is 18.7. The molecule has 0 aliphatic heterocycles. The van der Waals surface area contributed by atoms with Crippen molar-refractivity contribution < 1.29 is 0 Å². The summed E-state index contributed by atoms with van der Waals surface area (Å²) in [6.07, 6.45) is 5.42. The highest BCUT2D eigenvalue weighted by Crippen LogP contribution is 2.26. The SMILES string of the molecule is BC(CCC)c1c(C(C)C)nc(/C=N\c2ccc(N(CC)CC)cc2C)n(/N=C/C(C)C)c1=O. The minimum atomic E-state index is -0.0911. The van der Waals surface area contributed by atoms with E-state index in [1.807, 2.05) is 19.9 Å². The van der Waals surface area contributed by atoms with Crippen molar-refractivity contribution in [2.75, 3.05) is 18.0 Å². The molecule has 7 heteroatoms. The fourth-order valence-corrected chi connectivity index (χ4v) is 4.13. The summed E-state index contributed by atoms with van der Waals surface area (Å²) in [4.78, 5) is 25.6. The highest BCUT2D eigenvalue weighted by atomic mass is 16.1. The first-order valence-corrected chi connectivity index (χ1v) is 12.7. The van der Waals surface area contributed by atoms with Crippen molar-refractivity contribution >= 4 is 31.7 Å². The molecular formula is C27H42BN5O. The highest BCUT2D eigenvalue weighted by molar-refractivity contribution is 6.12. The van der Waals surface area contributed by atoms with E-state index in [0.29, 0.717) is 5.82 Å². The lowest BCUT2D eigenvalue weighted by atomic mass is 9.76. The number of aryl methyl sites for hydroxylation is 1. The molecule has 184 valence electrons. The fraction of sp³-hybridized carbons (Fsp3) is 0.556. The van der Waals surface area contributed by atoms with Crippen molar-refractivity contribution in [1.82, 2.24) is 9.66 Å². The Bertz CT molecular complexity index is 1070. The number of anilines is 1. The van der Waals surface area contributed by atoms with E-state index in [0.717, 1.165) is 48.4 Å². The van der Waals surface area contributed by atoms with Gasteiger partial charge in [-0.3, -0.25) is 9.79 Å². The molecule has 1 aromatic heterocycles. The van der Waals surface area contributed by atoms with Crippen LogP contribution in [0.4, 0.5) is 11.4 Å². The Morgan fingerprint density at radius 3 is 2.35 bits per heavy atom. The van der Waals surface area contributed by atoms with Crippen LogP contribution in [0.15, 0.2) is 33.1 Å². The summed E-state index contributed by atoms with van der Waals surface area (Å²) in [5.74, 6) is 0.940. The molecule has 1 heterocycles. The van der Waals surface area contributed by atoms with Crippen LogP contribution in [0.5, 0.6) is 0 Å². The van der Waals surface area contributed by atoms with Gasteiger partial charge in [0.1, 0.15) is 7.85 Å². The van der Waals surface area contributed by atoms with Crippen LogP contribution >= 0.6 is 0 Å².